The van der Waals surface area contributed by atoms with Crippen LogP contribution in [0.15, 0.2) is 59.4 Å². The number of pyridine rings is 1. The summed E-state index contributed by atoms with van der Waals surface area (Å²) in [6.45, 7) is 7.81. The number of nitrogens with two attached hydrogens (primary N) is 1. The number of amidine groups is 1. The van der Waals surface area contributed by atoms with Crippen LogP contribution in [0.5, 0.6) is 0 Å². The fourth-order valence-electron chi connectivity index (χ4n) is 3.62. The first-order valence-corrected chi connectivity index (χ1v) is 10.4. The van der Waals surface area contributed by atoms with E-state index in [4.69, 9.17) is 5.84 Å². The van der Waals surface area contributed by atoms with E-state index in [0.717, 1.165) is 47.3 Å². The van der Waals surface area contributed by atoms with Gasteiger partial charge in [-0.1, -0.05) is 49.8 Å². The predicted molar refractivity (Wildman–Crippen MR) is 124 cm³/mol. The molecule has 1 atom stereocenters. The summed E-state index contributed by atoms with van der Waals surface area (Å²) in [7, 11) is 1.69. The van der Waals surface area contributed by atoms with Gasteiger partial charge < -0.3 is 10.3 Å². The molecule has 0 spiro atoms. The lowest BCUT2D eigenvalue weighted by atomic mass is 10.0. The second-order valence-corrected chi connectivity index (χ2v) is 7.19. The zero-order valence-corrected chi connectivity index (χ0v) is 18.6. The Morgan fingerprint density at radius 3 is 2.57 bits per heavy atom. The number of carbonyl (C=O) groups excluding carboxylic acids is 1. The Balaban J connectivity index is 2.36. The van der Waals surface area contributed by atoms with Gasteiger partial charge in [0.25, 0.3) is 0 Å². The van der Waals surface area contributed by atoms with Crippen LogP contribution in [-0.4, -0.2) is 28.7 Å². The maximum Gasteiger partial charge on any atom is 0.224 e. The maximum atomic E-state index is 12.4. The highest BCUT2D eigenvalue weighted by molar-refractivity contribution is 6.03. The van der Waals surface area contributed by atoms with Crippen molar-refractivity contribution in [3.63, 3.8) is 0 Å². The van der Waals surface area contributed by atoms with Crippen molar-refractivity contribution in [3.05, 3.63) is 65.5 Å². The number of hydrazine groups is 1. The van der Waals surface area contributed by atoms with Crippen molar-refractivity contribution in [2.45, 2.75) is 53.0 Å². The summed E-state index contributed by atoms with van der Waals surface area (Å²) in [5.74, 6) is 6.26. The number of nitrogens with one attached hydrogen (secondary N) is 1. The third-order valence-corrected chi connectivity index (χ3v) is 5.24. The molecule has 6 nitrogen and oxygen atoms in total. The third kappa shape index (κ3) is 5.33. The zero-order chi connectivity index (χ0) is 22.1. The summed E-state index contributed by atoms with van der Waals surface area (Å²) in [6.07, 6.45) is 6.92. The first-order chi connectivity index (χ1) is 14.5. The van der Waals surface area contributed by atoms with Gasteiger partial charge in [0.2, 0.25) is 5.91 Å². The second-order valence-electron chi connectivity index (χ2n) is 7.19. The van der Waals surface area contributed by atoms with E-state index in [0.29, 0.717) is 5.84 Å². The average Bonchev–Trinajstić information content (AvgIpc) is 2.77. The number of unbranched alkanes of at least 4 members (excludes halogenated alkanes) is 1. The molecule has 3 N–H and O–H groups in total. The smallest absolute Gasteiger partial charge is 0.224 e. The van der Waals surface area contributed by atoms with Crippen molar-refractivity contribution < 1.29 is 4.79 Å². The standard InChI is InChI=1S/C24H33N5O/c1-6-8-11-20(7-2)29(18(4)30)17(3)19-14-15-23(27-16-19)21-12-9-10-13-22(21)24(26-5)28-25/h7,9-10,12-17H,6,8,11,25H2,1-5H3,(H,26,28)/b20-7-. The minimum Gasteiger partial charge on any atom is -0.310 e. The van der Waals surface area contributed by atoms with Gasteiger partial charge >= 0.3 is 0 Å². The van der Waals surface area contributed by atoms with Gasteiger partial charge in [-0.25, -0.2) is 5.84 Å². The Morgan fingerprint density at radius 1 is 1.30 bits per heavy atom. The van der Waals surface area contributed by atoms with Crippen LogP contribution in [-0.2, 0) is 4.79 Å². The molecule has 0 aliphatic rings. The summed E-state index contributed by atoms with van der Waals surface area (Å²) < 4.78 is 0. The Morgan fingerprint density at radius 2 is 2.03 bits per heavy atom. The summed E-state index contributed by atoms with van der Waals surface area (Å²) in [4.78, 5) is 23.2. The van der Waals surface area contributed by atoms with Crippen LogP contribution >= 0.6 is 0 Å². The number of nitrogens with zero attached hydrogens (tertiary/aromatic N) is 3. The molecular formula is C24H33N5O. The SMILES string of the molecule is C/C=C(/CCCC)N(C(C)=O)C(C)c1ccc(-c2ccccc2C(=NC)NN)nc1. The quantitative estimate of drug-likeness (QED) is 0.290. The number of amides is 1. The molecule has 1 heterocycles. The van der Waals surface area contributed by atoms with Crippen LogP contribution in [0.3, 0.4) is 0 Å². The van der Waals surface area contributed by atoms with Gasteiger partial charge in [0.1, 0.15) is 5.84 Å². The Kier molecular flexibility index (Phi) is 8.74. The molecule has 2 aromatic rings. The molecule has 1 amide bonds. The molecule has 0 radical (unpaired) electrons. The van der Waals surface area contributed by atoms with Crippen LogP contribution in [0.2, 0.25) is 0 Å². The molecule has 0 fully saturated rings. The molecule has 30 heavy (non-hydrogen) atoms. The molecule has 1 aromatic carbocycles. The van der Waals surface area contributed by atoms with E-state index in [-0.39, 0.29) is 11.9 Å². The minimum absolute atomic E-state index is 0.0407. The molecule has 2 rings (SSSR count). The predicted octanol–water partition coefficient (Wildman–Crippen LogP) is 4.59. The molecule has 160 valence electrons. The lowest BCUT2D eigenvalue weighted by Gasteiger charge is -2.31. The highest BCUT2D eigenvalue weighted by Crippen LogP contribution is 2.29. The van der Waals surface area contributed by atoms with E-state index in [1.807, 2.05) is 67.4 Å². The lowest BCUT2D eigenvalue weighted by Crippen LogP contribution is -2.31. The summed E-state index contributed by atoms with van der Waals surface area (Å²) in [5, 5.41) is 0. The van der Waals surface area contributed by atoms with Gasteiger partial charge in [-0.05, 0) is 38.3 Å². The Bertz CT molecular complexity index is 902. The van der Waals surface area contributed by atoms with Crippen LogP contribution in [0.1, 0.15) is 64.1 Å². The van der Waals surface area contributed by atoms with Crippen LogP contribution in [0.4, 0.5) is 0 Å². The normalized spacial score (nSPS) is 13.1. The molecule has 0 aliphatic heterocycles. The first-order valence-electron chi connectivity index (χ1n) is 10.4. The van der Waals surface area contributed by atoms with Crippen molar-refractivity contribution in [2.75, 3.05) is 7.05 Å². The highest BCUT2D eigenvalue weighted by atomic mass is 16.2. The monoisotopic (exact) mass is 407 g/mol. The summed E-state index contributed by atoms with van der Waals surface area (Å²) in [6, 6.07) is 11.8. The number of aromatic nitrogens is 1. The van der Waals surface area contributed by atoms with E-state index in [9.17, 15) is 4.79 Å². The number of aliphatic imine (C=N–C) groups is 1. The van der Waals surface area contributed by atoms with Crippen molar-refractivity contribution in [3.8, 4) is 11.3 Å². The molecule has 1 aromatic heterocycles. The molecule has 6 heteroatoms. The minimum atomic E-state index is -0.0965. The van der Waals surface area contributed by atoms with Crippen molar-refractivity contribution in [1.29, 1.82) is 0 Å². The third-order valence-electron chi connectivity index (χ3n) is 5.24. The number of carbonyl (C=O) groups is 1. The number of hydrogen-bond donors (Lipinski definition) is 2. The lowest BCUT2D eigenvalue weighted by molar-refractivity contribution is -0.128. The van der Waals surface area contributed by atoms with E-state index >= 15 is 0 Å². The van der Waals surface area contributed by atoms with Crippen LogP contribution < -0.4 is 11.3 Å². The van der Waals surface area contributed by atoms with Crippen LogP contribution in [0, 0.1) is 0 Å². The van der Waals surface area contributed by atoms with E-state index in [1.165, 1.54) is 0 Å². The van der Waals surface area contributed by atoms with Gasteiger partial charge in [-0.2, -0.15) is 0 Å². The molecule has 0 aliphatic carbocycles. The summed E-state index contributed by atoms with van der Waals surface area (Å²) >= 11 is 0. The fraction of sp³-hybridized carbons (Fsp3) is 0.375. The maximum absolute atomic E-state index is 12.4. The van der Waals surface area contributed by atoms with E-state index in [1.54, 1.807) is 14.0 Å². The van der Waals surface area contributed by atoms with Gasteiger partial charge in [0.05, 0.1) is 11.7 Å². The number of rotatable bonds is 8. The molecule has 1 unspecified atom stereocenters. The highest BCUT2D eigenvalue weighted by Gasteiger charge is 2.22. The van der Waals surface area contributed by atoms with Gasteiger partial charge in [-0.3, -0.25) is 14.8 Å². The Labute approximate surface area is 179 Å². The van der Waals surface area contributed by atoms with Gasteiger partial charge in [0, 0.05) is 37.0 Å². The van der Waals surface area contributed by atoms with Crippen molar-refractivity contribution in [2.24, 2.45) is 10.8 Å². The van der Waals surface area contributed by atoms with E-state index in [2.05, 4.69) is 22.3 Å². The number of allylic oxidation sites excluding steroid dienone is 2. The van der Waals surface area contributed by atoms with Crippen LogP contribution in [0.25, 0.3) is 11.3 Å². The van der Waals surface area contributed by atoms with Crippen molar-refractivity contribution in [1.82, 2.24) is 15.3 Å². The molecular weight excluding hydrogens is 374 g/mol. The number of hydrogen-bond acceptors (Lipinski definition) is 4. The average molecular weight is 408 g/mol. The molecule has 0 saturated carbocycles. The molecule has 0 saturated heterocycles. The van der Waals surface area contributed by atoms with E-state index < -0.39 is 0 Å². The van der Waals surface area contributed by atoms with Crippen molar-refractivity contribution >= 4 is 11.7 Å². The zero-order valence-electron chi connectivity index (χ0n) is 18.6. The largest absolute Gasteiger partial charge is 0.310 e. The Hall–Kier alpha value is -2.99. The molecule has 0 bridgehead atoms. The van der Waals surface area contributed by atoms with Gasteiger partial charge in [-0.15, -0.1) is 0 Å². The van der Waals surface area contributed by atoms with Gasteiger partial charge in [0.15, 0.2) is 0 Å². The fourth-order valence-corrected chi connectivity index (χ4v) is 3.62. The topological polar surface area (TPSA) is 83.6 Å². The summed E-state index contributed by atoms with van der Waals surface area (Å²) in [5.41, 5.74) is 7.34. The first kappa shape index (κ1) is 23.3. The second kappa shape index (κ2) is 11.3. The number of benzene rings is 1.